The molecule has 1 aromatic heterocycles. The van der Waals surface area contributed by atoms with E-state index in [2.05, 4.69) is 30.7 Å². The van der Waals surface area contributed by atoms with E-state index in [0.29, 0.717) is 59.2 Å². The van der Waals surface area contributed by atoms with Crippen LogP contribution in [0.2, 0.25) is 5.02 Å². The van der Waals surface area contributed by atoms with E-state index >= 15 is 0 Å². The molecule has 0 aliphatic carbocycles. The van der Waals surface area contributed by atoms with Crippen molar-refractivity contribution < 1.29 is 33.0 Å². The Morgan fingerprint density at radius 2 is 1.96 bits per heavy atom. The molecular formula is C31H36ClFN6O6. The number of imidazole rings is 1. The number of benzene rings is 2. The molecule has 2 heterocycles. The number of fused-ring (bicyclic) bond motifs is 1. The van der Waals surface area contributed by atoms with Crippen LogP contribution in [0.15, 0.2) is 30.3 Å². The van der Waals surface area contributed by atoms with Crippen molar-refractivity contribution >= 4 is 52.7 Å². The minimum Gasteiger partial charge on any atom is -0.453 e. The Labute approximate surface area is 265 Å². The Morgan fingerprint density at radius 1 is 1.18 bits per heavy atom. The number of nitrogens with zero attached hydrogens (tertiary/aromatic N) is 2. The van der Waals surface area contributed by atoms with Crippen molar-refractivity contribution in [3.8, 4) is 11.3 Å². The number of amides is 4. The van der Waals surface area contributed by atoms with Crippen molar-refractivity contribution in [2.24, 2.45) is 0 Å². The first-order valence-corrected chi connectivity index (χ1v) is 14.9. The zero-order chi connectivity index (χ0) is 32.7. The first-order valence-electron chi connectivity index (χ1n) is 14.5. The fourth-order valence-corrected chi connectivity index (χ4v) is 5.12. The molecule has 1 atom stereocenters. The van der Waals surface area contributed by atoms with E-state index in [1.807, 2.05) is 13.8 Å². The Balaban J connectivity index is 1.43. The molecule has 1 aliphatic rings. The number of carbonyl (C=O) groups excluding carboxylic acids is 4. The highest BCUT2D eigenvalue weighted by Gasteiger charge is 2.30. The lowest BCUT2D eigenvalue weighted by molar-refractivity contribution is -0.129. The van der Waals surface area contributed by atoms with Crippen LogP contribution in [-0.4, -0.2) is 59.6 Å². The minimum absolute atomic E-state index is 0.0209. The Bertz CT molecular complexity index is 1590. The second kappa shape index (κ2) is 14.9. The molecule has 0 saturated heterocycles. The van der Waals surface area contributed by atoms with E-state index in [1.54, 1.807) is 25.2 Å². The molecule has 4 N–H and O–H groups in total. The van der Waals surface area contributed by atoms with Crippen molar-refractivity contribution in [3.05, 3.63) is 58.3 Å². The molecule has 0 saturated carbocycles. The van der Waals surface area contributed by atoms with Crippen LogP contribution in [0.4, 0.5) is 31.0 Å². The van der Waals surface area contributed by atoms with Crippen LogP contribution in [0.3, 0.4) is 0 Å². The second-order valence-corrected chi connectivity index (χ2v) is 11.1. The van der Waals surface area contributed by atoms with E-state index in [1.165, 1.54) is 24.1 Å². The summed E-state index contributed by atoms with van der Waals surface area (Å²) in [5.74, 6) is -0.604. The van der Waals surface area contributed by atoms with Crippen LogP contribution in [0.5, 0.6) is 0 Å². The minimum atomic E-state index is -0.836. The lowest BCUT2D eigenvalue weighted by atomic mass is 10.0. The van der Waals surface area contributed by atoms with Crippen molar-refractivity contribution in [2.75, 3.05) is 36.7 Å². The molecule has 12 nitrogen and oxygen atoms in total. The largest absolute Gasteiger partial charge is 0.453 e. The molecule has 1 unspecified atom stereocenters. The number of aromatic amines is 1. The fourth-order valence-electron chi connectivity index (χ4n) is 4.96. The number of hydrogen-bond donors (Lipinski definition) is 4. The van der Waals surface area contributed by atoms with Crippen LogP contribution >= 0.6 is 11.6 Å². The topological polar surface area (TPSA) is 155 Å². The number of cyclic esters (lactones) is 1. The van der Waals surface area contributed by atoms with Gasteiger partial charge in [-0.25, -0.2) is 19.0 Å². The average Bonchev–Trinajstić information content (AvgIpc) is 3.36. The zero-order valence-electron chi connectivity index (χ0n) is 25.5. The molecule has 45 heavy (non-hydrogen) atoms. The number of carbonyl (C=O) groups is 4. The number of unbranched alkanes of at least 4 members (excludes halogenated alkanes) is 1. The SMILES string of the molecule is CCCCC(=O)Nc1cc(NC(=O)OC)ccc1-c1nc(CC(=O)N(C)CCCC2OC(=O)Nc3ccc(Cl)c(F)c32)[nH]c1C. The normalized spacial score (nSPS) is 13.7. The number of halogens is 2. The summed E-state index contributed by atoms with van der Waals surface area (Å²) in [6.07, 6.45) is 0.459. The summed E-state index contributed by atoms with van der Waals surface area (Å²) in [6.45, 7) is 4.13. The quantitative estimate of drug-likeness (QED) is 0.174. The van der Waals surface area contributed by atoms with E-state index in [4.69, 9.17) is 16.3 Å². The Kier molecular flexibility index (Phi) is 11.0. The molecule has 3 aromatic rings. The molecular weight excluding hydrogens is 607 g/mol. The number of aryl methyl sites for hydroxylation is 1. The molecule has 1 aliphatic heterocycles. The third kappa shape index (κ3) is 8.29. The molecule has 0 fully saturated rings. The monoisotopic (exact) mass is 642 g/mol. The third-order valence-electron chi connectivity index (χ3n) is 7.32. The van der Waals surface area contributed by atoms with Crippen molar-refractivity contribution in [1.29, 1.82) is 0 Å². The molecule has 240 valence electrons. The van der Waals surface area contributed by atoms with Gasteiger partial charge in [-0.15, -0.1) is 0 Å². The summed E-state index contributed by atoms with van der Waals surface area (Å²) >= 11 is 5.94. The molecule has 14 heteroatoms. The van der Waals surface area contributed by atoms with E-state index in [9.17, 15) is 23.6 Å². The molecule has 0 spiro atoms. The van der Waals surface area contributed by atoms with Crippen LogP contribution in [0.1, 0.15) is 62.2 Å². The smallest absolute Gasteiger partial charge is 0.412 e. The molecule has 2 aromatic carbocycles. The molecule has 4 rings (SSSR count). The lowest BCUT2D eigenvalue weighted by Gasteiger charge is -2.27. The highest BCUT2D eigenvalue weighted by atomic mass is 35.5. The standard InChI is InChI=1S/C31H36ClFN6O6/c1-5-6-9-25(40)36-22-15-18(35-30(42)44-4)10-11-19(22)29-17(2)34-24(38-29)16-26(41)39(3)14-7-8-23-27-21(37-31(43)45-23)13-12-20(32)28(27)33/h10-13,15,23H,5-9,14,16H2,1-4H3,(H,34,38)(H,35,42)(H,36,40)(H,37,43). The first-order chi connectivity index (χ1) is 21.5. The van der Waals surface area contributed by atoms with E-state index in [0.717, 1.165) is 12.8 Å². The fraction of sp³-hybridized carbons (Fsp3) is 0.387. The van der Waals surface area contributed by atoms with Gasteiger partial charge in [0.25, 0.3) is 0 Å². The summed E-state index contributed by atoms with van der Waals surface area (Å²) < 4.78 is 24.7. The van der Waals surface area contributed by atoms with Gasteiger partial charge < -0.3 is 24.7 Å². The predicted octanol–water partition coefficient (Wildman–Crippen LogP) is 6.57. The predicted molar refractivity (Wildman–Crippen MR) is 168 cm³/mol. The van der Waals surface area contributed by atoms with Gasteiger partial charge in [-0.2, -0.15) is 0 Å². The van der Waals surface area contributed by atoms with Gasteiger partial charge in [0.2, 0.25) is 11.8 Å². The maximum atomic E-state index is 14.7. The average molecular weight is 643 g/mol. The van der Waals surface area contributed by atoms with Crippen LogP contribution < -0.4 is 16.0 Å². The maximum absolute atomic E-state index is 14.7. The number of aromatic nitrogens is 2. The number of methoxy groups -OCH3 is 1. The number of ether oxygens (including phenoxy) is 2. The molecule has 4 amide bonds. The van der Waals surface area contributed by atoms with Crippen molar-refractivity contribution in [1.82, 2.24) is 14.9 Å². The molecule has 0 bridgehead atoms. The Hall–Kier alpha value is -4.65. The van der Waals surface area contributed by atoms with E-state index in [-0.39, 0.29) is 35.2 Å². The van der Waals surface area contributed by atoms with E-state index < -0.39 is 24.1 Å². The summed E-state index contributed by atoms with van der Waals surface area (Å²) in [5, 5.41) is 7.91. The highest BCUT2D eigenvalue weighted by molar-refractivity contribution is 6.31. The van der Waals surface area contributed by atoms with Gasteiger partial charge in [0, 0.05) is 37.0 Å². The number of likely N-dealkylation sites (N-methyl/N-ethyl adjacent to an activating group) is 1. The number of hydrogen-bond acceptors (Lipinski definition) is 7. The zero-order valence-corrected chi connectivity index (χ0v) is 26.3. The van der Waals surface area contributed by atoms with Gasteiger partial charge in [0.1, 0.15) is 11.9 Å². The number of H-pyrrole nitrogens is 1. The molecule has 0 radical (unpaired) electrons. The summed E-state index contributed by atoms with van der Waals surface area (Å²) in [4.78, 5) is 58.7. The number of anilines is 3. The van der Waals surface area contributed by atoms with Gasteiger partial charge >= 0.3 is 12.2 Å². The van der Waals surface area contributed by atoms with Crippen molar-refractivity contribution in [2.45, 2.75) is 58.5 Å². The first kappa shape index (κ1) is 33.2. The number of nitrogens with one attached hydrogen (secondary N) is 4. The van der Waals surface area contributed by atoms with Crippen LogP contribution in [0.25, 0.3) is 11.3 Å². The summed E-state index contributed by atoms with van der Waals surface area (Å²) in [6, 6.07) is 7.91. The van der Waals surface area contributed by atoms with Gasteiger partial charge in [-0.1, -0.05) is 24.9 Å². The van der Waals surface area contributed by atoms with Gasteiger partial charge in [0.05, 0.1) is 41.2 Å². The second-order valence-electron chi connectivity index (χ2n) is 10.7. The third-order valence-corrected chi connectivity index (χ3v) is 7.61. The van der Waals surface area contributed by atoms with Gasteiger partial charge in [0.15, 0.2) is 5.82 Å². The lowest BCUT2D eigenvalue weighted by Crippen LogP contribution is -2.30. The van der Waals surface area contributed by atoms with Crippen molar-refractivity contribution in [3.63, 3.8) is 0 Å². The Morgan fingerprint density at radius 3 is 2.69 bits per heavy atom. The van der Waals surface area contributed by atoms with Gasteiger partial charge in [-0.3, -0.25) is 20.2 Å². The van der Waals surface area contributed by atoms with Gasteiger partial charge in [-0.05, 0) is 56.5 Å². The summed E-state index contributed by atoms with van der Waals surface area (Å²) in [5.41, 5.74) is 3.21. The van der Waals surface area contributed by atoms with Crippen LogP contribution in [0, 0.1) is 12.7 Å². The number of rotatable bonds is 12. The highest BCUT2D eigenvalue weighted by Crippen LogP contribution is 2.38. The summed E-state index contributed by atoms with van der Waals surface area (Å²) in [7, 11) is 2.90. The van der Waals surface area contributed by atoms with Crippen LogP contribution in [-0.2, 0) is 25.5 Å². The maximum Gasteiger partial charge on any atom is 0.412 e.